The molecule has 6 heteroatoms. The number of quaternary nitrogens is 1. The van der Waals surface area contributed by atoms with Crippen LogP contribution < -0.4 is 9.64 Å². The van der Waals surface area contributed by atoms with Crippen molar-refractivity contribution in [3.05, 3.63) is 77.6 Å². The molecular weight excluding hydrogens is 368 g/mol. The van der Waals surface area contributed by atoms with Crippen LogP contribution in [0, 0.1) is 4.77 Å². The topological polar surface area (TPSA) is 36.4 Å². The Morgan fingerprint density at radius 3 is 2.50 bits per heavy atom. The van der Waals surface area contributed by atoms with E-state index < -0.39 is 0 Å². The Morgan fingerprint density at radius 1 is 1.14 bits per heavy atom. The lowest BCUT2D eigenvalue weighted by molar-refractivity contribution is -0.917. The first kappa shape index (κ1) is 20.0. The first-order chi connectivity index (χ1) is 13.6. The molecule has 1 aromatic heterocycles. The second-order valence-corrected chi connectivity index (χ2v) is 7.11. The van der Waals surface area contributed by atoms with Gasteiger partial charge in [-0.25, -0.2) is 0 Å². The molecular formula is C22H27N4OS+. The third-order valence-electron chi connectivity index (χ3n) is 4.43. The van der Waals surface area contributed by atoms with E-state index in [1.807, 2.05) is 52.6 Å². The van der Waals surface area contributed by atoms with Gasteiger partial charge < -0.3 is 9.64 Å². The van der Waals surface area contributed by atoms with Crippen LogP contribution in [0.5, 0.6) is 5.75 Å². The van der Waals surface area contributed by atoms with Crippen LogP contribution >= 0.6 is 12.2 Å². The lowest BCUT2D eigenvalue weighted by Crippen LogP contribution is -3.07. The molecule has 0 aliphatic heterocycles. The largest absolute Gasteiger partial charge is 0.494 e. The number of nitrogens with zero attached hydrogens (tertiary/aromatic N) is 3. The number of nitrogens with one attached hydrogen (secondary N) is 1. The van der Waals surface area contributed by atoms with Crippen LogP contribution in [-0.2, 0) is 19.8 Å². The summed E-state index contributed by atoms with van der Waals surface area (Å²) in [6.45, 7) is 8.74. The van der Waals surface area contributed by atoms with Crippen molar-refractivity contribution in [3.8, 4) is 17.1 Å². The Morgan fingerprint density at radius 2 is 1.86 bits per heavy atom. The highest BCUT2D eigenvalue weighted by atomic mass is 32.1. The fourth-order valence-electron chi connectivity index (χ4n) is 3.17. The van der Waals surface area contributed by atoms with E-state index in [9.17, 15) is 0 Å². The Hall–Kier alpha value is -2.70. The van der Waals surface area contributed by atoms with Crippen LogP contribution in [0.4, 0.5) is 0 Å². The molecule has 0 aliphatic rings. The molecule has 0 aliphatic carbocycles. The lowest BCUT2D eigenvalue weighted by atomic mass is 10.2. The zero-order valence-electron chi connectivity index (χ0n) is 16.5. The molecule has 1 atom stereocenters. The van der Waals surface area contributed by atoms with E-state index in [1.165, 1.54) is 10.5 Å². The molecule has 5 nitrogen and oxygen atoms in total. The van der Waals surface area contributed by atoms with Crippen molar-refractivity contribution in [2.24, 2.45) is 0 Å². The highest BCUT2D eigenvalue weighted by Crippen LogP contribution is 2.18. The fraction of sp³-hybridized carbons (Fsp3) is 0.273. The van der Waals surface area contributed by atoms with Gasteiger partial charge >= 0.3 is 0 Å². The Balaban J connectivity index is 1.78. The Bertz CT molecular complexity index is 960. The van der Waals surface area contributed by atoms with Gasteiger partial charge in [0.15, 0.2) is 12.5 Å². The maximum Gasteiger partial charge on any atom is 0.203 e. The second kappa shape index (κ2) is 9.48. The number of rotatable bonds is 9. The van der Waals surface area contributed by atoms with Gasteiger partial charge in [-0.3, -0.25) is 4.57 Å². The van der Waals surface area contributed by atoms with Crippen LogP contribution in [-0.4, -0.2) is 28.0 Å². The number of allylic oxidation sites excluding steroid dienone is 1. The molecule has 0 saturated heterocycles. The van der Waals surface area contributed by atoms with Crippen LogP contribution in [0.15, 0.2) is 67.3 Å². The molecule has 0 radical (unpaired) electrons. The molecule has 0 bridgehead atoms. The van der Waals surface area contributed by atoms with Crippen molar-refractivity contribution < 1.29 is 9.64 Å². The van der Waals surface area contributed by atoms with Crippen molar-refractivity contribution in [1.82, 2.24) is 14.3 Å². The minimum Gasteiger partial charge on any atom is -0.494 e. The van der Waals surface area contributed by atoms with Gasteiger partial charge in [-0.05, 0) is 43.4 Å². The molecule has 1 unspecified atom stereocenters. The minimum atomic E-state index is 0.640. The molecule has 0 saturated carbocycles. The molecule has 0 fully saturated rings. The predicted molar refractivity (Wildman–Crippen MR) is 115 cm³/mol. The van der Waals surface area contributed by atoms with Crippen LogP contribution in [0.25, 0.3) is 11.4 Å². The standard InChI is InChI=1S/C22H26N4OS/c1-4-15-25-21(19-9-7-6-8-10-19)23-26(22(25)28)17-24(3)16-18-11-13-20(14-12-18)27-5-2/h4,6-14H,1,5,15-17H2,2-3H3/p+1. The van der Waals surface area contributed by atoms with Crippen LogP contribution in [0.1, 0.15) is 12.5 Å². The average molecular weight is 396 g/mol. The molecule has 28 heavy (non-hydrogen) atoms. The van der Waals surface area contributed by atoms with E-state index in [2.05, 4.69) is 37.9 Å². The van der Waals surface area contributed by atoms with E-state index in [1.54, 1.807) is 0 Å². The predicted octanol–water partition coefficient (Wildman–Crippen LogP) is 3.34. The average Bonchev–Trinajstić information content (AvgIpc) is 3.00. The lowest BCUT2D eigenvalue weighted by Gasteiger charge is -2.14. The monoisotopic (exact) mass is 395 g/mol. The summed E-state index contributed by atoms with van der Waals surface area (Å²) in [4.78, 5) is 1.29. The minimum absolute atomic E-state index is 0.640. The number of hydrogen-bond donors (Lipinski definition) is 1. The van der Waals surface area contributed by atoms with Crippen molar-refractivity contribution in [2.75, 3.05) is 13.7 Å². The number of benzene rings is 2. The Kier molecular flexibility index (Phi) is 6.79. The van der Waals surface area contributed by atoms with E-state index in [-0.39, 0.29) is 0 Å². The SMILES string of the molecule is C=CCn1c(-c2ccccc2)nn(C[NH+](C)Cc2ccc(OCC)cc2)c1=S. The number of aromatic nitrogens is 3. The molecule has 1 heterocycles. The zero-order valence-corrected chi connectivity index (χ0v) is 17.3. The van der Waals surface area contributed by atoms with Crippen molar-refractivity contribution >= 4 is 12.2 Å². The zero-order chi connectivity index (χ0) is 19.9. The van der Waals surface area contributed by atoms with E-state index in [0.717, 1.165) is 23.7 Å². The van der Waals surface area contributed by atoms with Crippen molar-refractivity contribution in [1.29, 1.82) is 0 Å². The first-order valence-electron chi connectivity index (χ1n) is 9.49. The molecule has 1 N–H and O–H groups in total. The number of hydrogen-bond acceptors (Lipinski definition) is 3. The molecule has 3 aromatic rings. The molecule has 3 rings (SSSR count). The van der Waals surface area contributed by atoms with Gasteiger partial charge in [-0.1, -0.05) is 36.4 Å². The summed E-state index contributed by atoms with van der Waals surface area (Å²) in [6, 6.07) is 18.4. The molecule has 0 spiro atoms. The number of ether oxygens (including phenoxy) is 1. The first-order valence-corrected chi connectivity index (χ1v) is 9.90. The third-order valence-corrected chi connectivity index (χ3v) is 4.86. The second-order valence-electron chi connectivity index (χ2n) is 6.74. The van der Waals surface area contributed by atoms with Gasteiger partial charge in [0.05, 0.1) is 13.7 Å². The van der Waals surface area contributed by atoms with Gasteiger partial charge in [0, 0.05) is 17.7 Å². The summed E-state index contributed by atoms with van der Waals surface area (Å²) < 4.78 is 10.2. The van der Waals surface area contributed by atoms with Gasteiger partial charge in [-0.2, -0.15) is 4.68 Å². The summed E-state index contributed by atoms with van der Waals surface area (Å²) in [5.74, 6) is 1.78. The van der Waals surface area contributed by atoms with E-state index in [4.69, 9.17) is 22.1 Å². The summed E-state index contributed by atoms with van der Waals surface area (Å²) in [5.41, 5.74) is 2.31. The van der Waals surface area contributed by atoms with Gasteiger partial charge in [-0.15, -0.1) is 11.7 Å². The Labute approximate surface area is 171 Å². The highest BCUT2D eigenvalue weighted by Gasteiger charge is 2.14. The van der Waals surface area contributed by atoms with Crippen molar-refractivity contribution in [3.63, 3.8) is 0 Å². The summed E-state index contributed by atoms with van der Waals surface area (Å²) in [6.07, 6.45) is 1.85. The van der Waals surface area contributed by atoms with Crippen LogP contribution in [0.3, 0.4) is 0 Å². The van der Waals surface area contributed by atoms with Gasteiger partial charge in [0.25, 0.3) is 0 Å². The smallest absolute Gasteiger partial charge is 0.203 e. The third kappa shape index (κ3) is 4.77. The summed E-state index contributed by atoms with van der Waals surface area (Å²) in [7, 11) is 2.15. The van der Waals surface area contributed by atoms with Crippen LogP contribution in [0.2, 0.25) is 0 Å². The highest BCUT2D eigenvalue weighted by molar-refractivity contribution is 7.71. The van der Waals surface area contributed by atoms with Crippen molar-refractivity contribution in [2.45, 2.75) is 26.7 Å². The fourth-order valence-corrected chi connectivity index (χ4v) is 3.44. The van der Waals surface area contributed by atoms with E-state index in [0.29, 0.717) is 24.6 Å². The summed E-state index contributed by atoms with van der Waals surface area (Å²) in [5, 5.41) is 4.81. The maximum absolute atomic E-state index is 5.69. The molecule has 0 amide bonds. The van der Waals surface area contributed by atoms with Gasteiger partial charge in [0.2, 0.25) is 4.77 Å². The van der Waals surface area contributed by atoms with Gasteiger partial charge in [0.1, 0.15) is 12.3 Å². The molecule has 2 aromatic carbocycles. The maximum atomic E-state index is 5.69. The summed E-state index contributed by atoms with van der Waals surface area (Å²) >= 11 is 5.69. The normalized spacial score (nSPS) is 11.9. The molecule has 146 valence electrons. The van der Waals surface area contributed by atoms with E-state index >= 15 is 0 Å². The quantitative estimate of drug-likeness (QED) is 0.446.